The summed E-state index contributed by atoms with van der Waals surface area (Å²) in [7, 11) is 0. The SMILES string of the molecule is Cc1ccc(Cl)c(CCC(C)Br)c1. The van der Waals surface area contributed by atoms with Crippen LogP contribution in [0.2, 0.25) is 5.02 Å². The molecule has 1 rings (SSSR count). The quantitative estimate of drug-likeness (QED) is 0.709. The Labute approximate surface area is 93.4 Å². The molecule has 0 aliphatic rings. The van der Waals surface area contributed by atoms with E-state index in [-0.39, 0.29) is 0 Å². The Kier molecular flexibility index (Phi) is 4.27. The molecule has 0 spiro atoms. The molecule has 1 atom stereocenters. The molecule has 0 heterocycles. The lowest BCUT2D eigenvalue weighted by Crippen LogP contribution is -1.95. The first kappa shape index (κ1) is 11.1. The summed E-state index contributed by atoms with van der Waals surface area (Å²) in [5.41, 5.74) is 2.54. The molecular weight excluding hydrogens is 247 g/mol. The third-order valence-corrected chi connectivity index (χ3v) is 2.84. The van der Waals surface area contributed by atoms with E-state index in [4.69, 9.17) is 11.6 Å². The van der Waals surface area contributed by atoms with E-state index in [0.717, 1.165) is 17.9 Å². The molecule has 1 unspecified atom stereocenters. The van der Waals surface area contributed by atoms with Crippen molar-refractivity contribution in [3.05, 3.63) is 34.3 Å². The Morgan fingerprint density at radius 3 is 2.77 bits per heavy atom. The van der Waals surface area contributed by atoms with Crippen LogP contribution in [0.4, 0.5) is 0 Å². The van der Waals surface area contributed by atoms with Gasteiger partial charge < -0.3 is 0 Å². The van der Waals surface area contributed by atoms with Crippen molar-refractivity contribution in [3.63, 3.8) is 0 Å². The van der Waals surface area contributed by atoms with E-state index in [1.165, 1.54) is 11.1 Å². The third-order valence-electron chi connectivity index (χ3n) is 2.01. The highest BCUT2D eigenvalue weighted by molar-refractivity contribution is 9.09. The van der Waals surface area contributed by atoms with Gasteiger partial charge in [0.2, 0.25) is 0 Å². The maximum absolute atomic E-state index is 6.06. The lowest BCUT2D eigenvalue weighted by molar-refractivity contribution is 0.821. The zero-order valence-corrected chi connectivity index (χ0v) is 10.3. The number of hydrogen-bond donors (Lipinski definition) is 0. The van der Waals surface area contributed by atoms with E-state index in [1.54, 1.807) is 0 Å². The zero-order valence-electron chi connectivity index (χ0n) is 7.98. The van der Waals surface area contributed by atoms with Gasteiger partial charge in [-0.25, -0.2) is 0 Å². The first-order valence-corrected chi connectivity index (χ1v) is 5.78. The molecule has 0 aromatic heterocycles. The topological polar surface area (TPSA) is 0 Å². The van der Waals surface area contributed by atoms with Gasteiger partial charge in [-0.05, 0) is 31.4 Å². The fraction of sp³-hybridized carbons (Fsp3) is 0.455. The van der Waals surface area contributed by atoms with Crippen LogP contribution in [0.15, 0.2) is 18.2 Å². The van der Waals surface area contributed by atoms with Gasteiger partial charge in [0.05, 0.1) is 0 Å². The molecule has 0 aliphatic heterocycles. The molecule has 72 valence electrons. The summed E-state index contributed by atoms with van der Waals surface area (Å²) in [6.45, 7) is 4.25. The molecule has 0 fully saturated rings. The second-order valence-electron chi connectivity index (χ2n) is 3.41. The van der Waals surface area contributed by atoms with Crippen LogP contribution in [-0.2, 0) is 6.42 Å². The summed E-state index contributed by atoms with van der Waals surface area (Å²) in [6, 6.07) is 6.19. The van der Waals surface area contributed by atoms with Gasteiger partial charge in [-0.2, -0.15) is 0 Å². The van der Waals surface area contributed by atoms with Crippen molar-refractivity contribution in [1.29, 1.82) is 0 Å². The Bertz CT molecular complexity index is 281. The van der Waals surface area contributed by atoms with Gasteiger partial charge in [0.15, 0.2) is 0 Å². The largest absolute Gasteiger partial charge is 0.0894 e. The number of aryl methyl sites for hydroxylation is 2. The van der Waals surface area contributed by atoms with Gasteiger partial charge in [-0.1, -0.05) is 52.2 Å². The first-order valence-electron chi connectivity index (χ1n) is 4.48. The number of rotatable bonds is 3. The van der Waals surface area contributed by atoms with Crippen molar-refractivity contribution in [2.24, 2.45) is 0 Å². The third kappa shape index (κ3) is 3.70. The lowest BCUT2D eigenvalue weighted by Gasteiger charge is -2.06. The molecule has 1 aromatic rings. The minimum atomic E-state index is 0.559. The minimum Gasteiger partial charge on any atom is -0.0894 e. The van der Waals surface area contributed by atoms with Crippen LogP contribution in [0.25, 0.3) is 0 Å². The number of alkyl halides is 1. The predicted molar refractivity (Wildman–Crippen MR) is 62.9 cm³/mol. The molecule has 0 bridgehead atoms. The maximum Gasteiger partial charge on any atom is 0.0438 e. The fourth-order valence-electron chi connectivity index (χ4n) is 1.25. The molecule has 2 heteroatoms. The summed E-state index contributed by atoms with van der Waals surface area (Å²) in [6.07, 6.45) is 2.18. The fourth-order valence-corrected chi connectivity index (χ4v) is 1.69. The standard InChI is InChI=1S/C11H14BrCl/c1-8-3-6-11(13)10(7-8)5-4-9(2)12/h3,6-7,9H,4-5H2,1-2H3. The molecule has 0 nitrogen and oxygen atoms in total. The van der Waals surface area contributed by atoms with Gasteiger partial charge >= 0.3 is 0 Å². The van der Waals surface area contributed by atoms with E-state index < -0.39 is 0 Å². The average Bonchev–Trinajstić information content (AvgIpc) is 2.06. The number of halogens is 2. The molecule has 0 saturated heterocycles. The Hall–Kier alpha value is -0.0100. The highest BCUT2D eigenvalue weighted by atomic mass is 79.9. The molecule has 1 aromatic carbocycles. The minimum absolute atomic E-state index is 0.559. The van der Waals surface area contributed by atoms with Crippen LogP contribution in [0.1, 0.15) is 24.5 Å². The second-order valence-corrected chi connectivity index (χ2v) is 5.38. The highest BCUT2D eigenvalue weighted by Crippen LogP contribution is 2.20. The molecule has 0 saturated carbocycles. The van der Waals surface area contributed by atoms with Gasteiger partial charge in [0.1, 0.15) is 0 Å². The van der Waals surface area contributed by atoms with Crippen molar-refractivity contribution in [2.75, 3.05) is 0 Å². The zero-order chi connectivity index (χ0) is 9.84. The first-order chi connectivity index (χ1) is 6.09. The predicted octanol–water partition coefficient (Wildman–Crippen LogP) is 4.36. The van der Waals surface area contributed by atoms with Crippen molar-refractivity contribution in [2.45, 2.75) is 31.5 Å². The van der Waals surface area contributed by atoms with E-state index in [2.05, 4.69) is 35.8 Å². The van der Waals surface area contributed by atoms with E-state index in [9.17, 15) is 0 Å². The van der Waals surface area contributed by atoms with Crippen molar-refractivity contribution in [3.8, 4) is 0 Å². The molecule has 0 aliphatic carbocycles. The summed E-state index contributed by atoms with van der Waals surface area (Å²) < 4.78 is 0. The molecule has 0 radical (unpaired) electrons. The molecular formula is C11H14BrCl. The van der Waals surface area contributed by atoms with Gasteiger partial charge in [-0.15, -0.1) is 0 Å². The average molecular weight is 262 g/mol. The van der Waals surface area contributed by atoms with Crippen LogP contribution in [0, 0.1) is 6.92 Å². The lowest BCUT2D eigenvalue weighted by atomic mass is 10.1. The molecule has 13 heavy (non-hydrogen) atoms. The van der Waals surface area contributed by atoms with Gasteiger partial charge in [-0.3, -0.25) is 0 Å². The van der Waals surface area contributed by atoms with Crippen molar-refractivity contribution >= 4 is 27.5 Å². The Morgan fingerprint density at radius 2 is 2.15 bits per heavy atom. The Balaban J connectivity index is 2.70. The van der Waals surface area contributed by atoms with E-state index in [1.807, 2.05) is 12.1 Å². The Morgan fingerprint density at radius 1 is 1.46 bits per heavy atom. The van der Waals surface area contributed by atoms with Crippen LogP contribution in [0.3, 0.4) is 0 Å². The van der Waals surface area contributed by atoms with Gasteiger partial charge in [0, 0.05) is 9.85 Å². The van der Waals surface area contributed by atoms with Gasteiger partial charge in [0.25, 0.3) is 0 Å². The van der Waals surface area contributed by atoms with Crippen molar-refractivity contribution < 1.29 is 0 Å². The molecule has 0 N–H and O–H groups in total. The van der Waals surface area contributed by atoms with E-state index in [0.29, 0.717) is 4.83 Å². The number of benzene rings is 1. The number of hydrogen-bond acceptors (Lipinski definition) is 0. The van der Waals surface area contributed by atoms with Crippen LogP contribution in [-0.4, -0.2) is 4.83 Å². The van der Waals surface area contributed by atoms with Crippen molar-refractivity contribution in [1.82, 2.24) is 0 Å². The smallest absolute Gasteiger partial charge is 0.0438 e. The summed E-state index contributed by atoms with van der Waals surface area (Å²) >= 11 is 9.60. The summed E-state index contributed by atoms with van der Waals surface area (Å²) in [5.74, 6) is 0. The normalized spacial score (nSPS) is 12.9. The summed E-state index contributed by atoms with van der Waals surface area (Å²) in [5, 5.41) is 0.888. The van der Waals surface area contributed by atoms with Crippen LogP contribution < -0.4 is 0 Å². The van der Waals surface area contributed by atoms with Crippen LogP contribution in [0.5, 0.6) is 0 Å². The second kappa shape index (κ2) is 5.02. The monoisotopic (exact) mass is 260 g/mol. The summed E-state index contributed by atoms with van der Waals surface area (Å²) in [4.78, 5) is 0.559. The maximum atomic E-state index is 6.06. The molecule has 0 amide bonds. The van der Waals surface area contributed by atoms with Crippen LogP contribution >= 0.6 is 27.5 Å². The van der Waals surface area contributed by atoms with E-state index >= 15 is 0 Å². The highest BCUT2D eigenvalue weighted by Gasteiger charge is 2.02.